The quantitative estimate of drug-likeness (QED) is 0.0649. The number of benzene rings is 2. The molecular formula is C34H35Cl2F4IN4O4. The van der Waals surface area contributed by atoms with Gasteiger partial charge in [0.15, 0.2) is 11.6 Å². The largest absolute Gasteiger partial charge is 0.465 e. The van der Waals surface area contributed by atoms with Gasteiger partial charge in [0, 0.05) is 12.4 Å². The smallest absolute Gasteiger partial charge is 0.340 e. The van der Waals surface area contributed by atoms with Gasteiger partial charge in [-0.2, -0.15) is 0 Å². The molecule has 3 N–H and O–H groups in total. The van der Waals surface area contributed by atoms with Gasteiger partial charge in [0.1, 0.15) is 21.7 Å². The van der Waals surface area contributed by atoms with E-state index in [4.69, 9.17) is 28.9 Å². The molecule has 2 aromatic heterocycles. The van der Waals surface area contributed by atoms with Crippen molar-refractivity contribution >= 4 is 74.8 Å². The van der Waals surface area contributed by atoms with Crippen LogP contribution in [0, 0.1) is 40.7 Å². The Balaban J connectivity index is 0.000000282. The molecule has 0 radical (unpaired) electrons. The number of carbonyl (C=O) groups excluding carboxylic acids is 2. The topological polar surface area (TPSA) is 116 Å². The molecule has 2 aromatic carbocycles. The van der Waals surface area contributed by atoms with Crippen LogP contribution >= 0.6 is 45.8 Å². The summed E-state index contributed by atoms with van der Waals surface area (Å²) in [6, 6.07) is 5.37. The maximum Gasteiger partial charge on any atom is 0.340 e. The van der Waals surface area contributed by atoms with E-state index in [1.54, 1.807) is 41.1 Å². The number of nitrogen functional groups attached to an aromatic ring is 1. The molecule has 0 amide bonds. The zero-order valence-corrected chi connectivity index (χ0v) is 31.5. The van der Waals surface area contributed by atoms with E-state index in [1.807, 2.05) is 33.8 Å². The highest BCUT2D eigenvalue weighted by atomic mass is 127. The summed E-state index contributed by atoms with van der Waals surface area (Å²) in [6.07, 6.45) is 3.45. The Morgan fingerprint density at radius 1 is 0.776 bits per heavy atom. The van der Waals surface area contributed by atoms with Crippen LogP contribution in [-0.2, 0) is 9.47 Å². The summed E-state index contributed by atoms with van der Waals surface area (Å²) in [7, 11) is 2.26. The number of aromatic nitrogens is 2. The average molecular weight is 837 g/mol. The van der Waals surface area contributed by atoms with Crippen LogP contribution in [0.25, 0.3) is 0 Å². The predicted molar refractivity (Wildman–Crippen MR) is 192 cm³/mol. The molecule has 4 rings (SSSR count). The number of aryl methyl sites for hydroxylation is 2. The van der Waals surface area contributed by atoms with Crippen molar-refractivity contribution < 1.29 is 36.6 Å². The van der Waals surface area contributed by atoms with Gasteiger partial charge in [-0.3, -0.25) is 9.97 Å². The van der Waals surface area contributed by atoms with E-state index in [0.717, 1.165) is 48.9 Å². The lowest BCUT2D eigenvalue weighted by molar-refractivity contribution is 0.0590. The molecule has 0 aliphatic heterocycles. The fourth-order valence-corrected chi connectivity index (χ4v) is 5.28. The lowest BCUT2D eigenvalue weighted by Crippen LogP contribution is -2.11. The zero-order valence-electron chi connectivity index (χ0n) is 27.9. The Bertz CT molecular complexity index is 1850. The number of hydrogen-bond acceptors (Lipinski definition) is 8. The van der Waals surface area contributed by atoms with Crippen LogP contribution in [0.5, 0.6) is 0 Å². The summed E-state index contributed by atoms with van der Waals surface area (Å²) in [5.74, 6) is -5.24. The minimum Gasteiger partial charge on any atom is -0.465 e. The number of rotatable bonds is 6. The Morgan fingerprint density at radius 2 is 1.22 bits per heavy atom. The molecule has 15 heteroatoms. The van der Waals surface area contributed by atoms with Crippen molar-refractivity contribution in [2.45, 2.75) is 53.4 Å². The zero-order chi connectivity index (χ0) is 37.3. The first kappa shape index (κ1) is 41.5. The highest BCUT2D eigenvalue weighted by Crippen LogP contribution is 2.35. The summed E-state index contributed by atoms with van der Waals surface area (Å²) in [4.78, 5) is 31.4. The monoisotopic (exact) mass is 836 g/mol. The van der Waals surface area contributed by atoms with Gasteiger partial charge in [0.2, 0.25) is 0 Å². The number of esters is 2. The number of halogens is 7. The maximum absolute atomic E-state index is 14.5. The number of anilines is 3. The molecule has 4 aromatic rings. The lowest BCUT2D eigenvalue weighted by atomic mass is 10.0. The van der Waals surface area contributed by atoms with E-state index in [9.17, 15) is 27.2 Å². The van der Waals surface area contributed by atoms with E-state index in [2.05, 4.69) is 38.6 Å². The fraction of sp³-hybridized carbons (Fsp3) is 0.294. The number of pyridine rings is 2. The Labute approximate surface area is 305 Å². The van der Waals surface area contributed by atoms with Crippen LogP contribution in [0.2, 0.25) is 10.0 Å². The second-order valence-electron chi connectivity index (χ2n) is 11.0. The number of nitrogens with zero attached hydrogens (tertiary/aromatic N) is 2. The van der Waals surface area contributed by atoms with Crippen molar-refractivity contribution in [1.29, 1.82) is 0 Å². The van der Waals surface area contributed by atoms with Crippen LogP contribution in [-0.4, -0.2) is 36.1 Å². The standard InChI is InChI=1S/C17H17ClF2N2O2.C9H14N2.C8H4ClF2IO2/c1-8(2)14-15(9(3)5-6-21-14)22-16-10(17(23)24-4)7-11(19)12(18)13(16)20;1-6(2)9-8(10)7(3)4-5-11-9;1-14-8(13)3-2-4(10)5(9)6(11)7(3)12/h5-8,22H,1-4H3;4-6H,10H2,1-3H3;2H,1H3. The van der Waals surface area contributed by atoms with Crippen molar-refractivity contribution in [3.63, 3.8) is 0 Å². The summed E-state index contributed by atoms with van der Waals surface area (Å²) < 4.78 is 63.2. The van der Waals surface area contributed by atoms with Gasteiger partial charge < -0.3 is 20.5 Å². The number of hydrogen-bond donors (Lipinski definition) is 2. The molecule has 264 valence electrons. The molecule has 0 atom stereocenters. The number of ether oxygens (including phenoxy) is 2. The minimum absolute atomic E-state index is 0.0490. The van der Waals surface area contributed by atoms with Gasteiger partial charge in [-0.1, -0.05) is 50.9 Å². The van der Waals surface area contributed by atoms with Crippen LogP contribution < -0.4 is 11.1 Å². The molecular weight excluding hydrogens is 802 g/mol. The third-order valence-corrected chi connectivity index (χ3v) is 8.59. The van der Waals surface area contributed by atoms with Crippen LogP contribution in [0.3, 0.4) is 0 Å². The third kappa shape index (κ3) is 10.2. The van der Waals surface area contributed by atoms with Crippen molar-refractivity contribution in [2.24, 2.45) is 0 Å². The summed E-state index contributed by atoms with van der Waals surface area (Å²) in [6.45, 7) is 11.9. The minimum atomic E-state index is -1.06. The molecule has 0 saturated heterocycles. The van der Waals surface area contributed by atoms with Crippen molar-refractivity contribution in [2.75, 3.05) is 25.3 Å². The van der Waals surface area contributed by atoms with Crippen molar-refractivity contribution in [1.82, 2.24) is 9.97 Å². The first-order valence-corrected chi connectivity index (χ1v) is 16.3. The van der Waals surface area contributed by atoms with E-state index in [0.29, 0.717) is 17.3 Å². The second-order valence-corrected chi connectivity index (χ2v) is 12.8. The van der Waals surface area contributed by atoms with Gasteiger partial charge in [0.05, 0.1) is 57.4 Å². The molecule has 0 fully saturated rings. The molecule has 0 aliphatic carbocycles. The molecule has 0 saturated carbocycles. The van der Waals surface area contributed by atoms with Crippen molar-refractivity contribution in [3.05, 3.63) is 107 Å². The normalized spacial score (nSPS) is 10.6. The Kier molecular flexibility index (Phi) is 15.5. The number of methoxy groups -OCH3 is 2. The van der Waals surface area contributed by atoms with Crippen molar-refractivity contribution in [3.8, 4) is 0 Å². The average Bonchev–Trinajstić information content (AvgIpc) is 3.07. The fourth-order valence-electron chi connectivity index (χ4n) is 4.18. The Morgan fingerprint density at radius 3 is 1.71 bits per heavy atom. The summed E-state index contributed by atoms with van der Waals surface area (Å²) >= 11 is 12.5. The highest BCUT2D eigenvalue weighted by molar-refractivity contribution is 14.1. The lowest BCUT2D eigenvalue weighted by Gasteiger charge is -2.19. The van der Waals surface area contributed by atoms with E-state index in [1.165, 1.54) is 0 Å². The molecule has 2 heterocycles. The van der Waals surface area contributed by atoms with E-state index in [-0.39, 0.29) is 26.3 Å². The summed E-state index contributed by atoms with van der Waals surface area (Å²) in [5.41, 5.74) is 10.1. The van der Waals surface area contributed by atoms with Crippen LogP contribution in [0.1, 0.15) is 82.8 Å². The highest BCUT2D eigenvalue weighted by Gasteiger charge is 2.24. The SMILES string of the molecule is COC(=O)c1cc(F)c(Cl)c(F)c1I.COC(=O)c1cc(F)c(Cl)c(F)c1Nc1c(C)ccnc1C(C)C.Cc1ccnc(C(C)C)c1N. The van der Waals surface area contributed by atoms with Gasteiger partial charge in [-0.05, 0) is 83.7 Å². The van der Waals surface area contributed by atoms with Gasteiger partial charge in [-0.25, -0.2) is 27.2 Å². The first-order valence-electron chi connectivity index (χ1n) is 14.5. The number of nitrogens with one attached hydrogen (secondary N) is 1. The second kappa shape index (κ2) is 18.3. The predicted octanol–water partition coefficient (Wildman–Crippen LogP) is 10.1. The molecule has 0 spiro atoms. The van der Waals surface area contributed by atoms with E-state index < -0.39 is 45.3 Å². The maximum atomic E-state index is 14.5. The van der Waals surface area contributed by atoms with Gasteiger partial charge >= 0.3 is 11.9 Å². The number of nitrogens with two attached hydrogens (primary N) is 1. The molecule has 0 aliphatic rings. The van der Waals surface area contributed by atoms with Crippen LogP contribution in [0.4, 0.5) is 34.6 Å². The molecule has 49 heavy (non-hydrogen) atoms. The summed E-state index contributed by atoms with van der Waals surface area (Å²) in [5, 5.41) is 1.53. The van der Waals surface area contributed by atoms with E-state index >= 15 is 0 Å². The molecule has 0 bridgehead atoms. The molecule has 8 nitrogen and oxygen atoms in total. The van der Waals surface area contributed by atoms with Gasteiger partial charge in [0.25, 0.3) is 0 Å². The van der Waals surface area contributed by atoms with Crippen LogP contribution in [0.15, 0.2) is 36.7 Å². The van der Waals surface area contributed by atoms with Gasteiger partial charge in [-0.15, -0.1) is 0 Å². The third-order valence-electron chi connectivity index (χ3n) is 6.85. The Hall–Kier alpha value is -3.69. The number of carbonyl (C=O) groups is 2. The molecule has 0 unspecified atom stereocenters. The first-order chi connectivity index (χ1) is 22.9.